The number of carbonyl (C=O) groups is 5. The molecule has 4 amide bonds. The number of hydrogen-bond acceptors (Lipinski definition) is 9. The second kappa shape index (κ2) is 13.5. The summed E-state index contributed by atoms with van der Waals surface area (Å²) in [4.78, 5) is 74.8. The number of pyridine rings is 1. The molecule has 0 unspecified atom stereocenters. The number of imide groups is 2. The molecule has 3 heterocycles. The lowest BCUT2D eigenvalue weighted by atomic mass is 9.49. The summed E-state index contributed by atoms with van der Waals surface area (Å²) >= 11 is 19.0. The molecule has 3 fully saturated rings. The quantitative estimate of drug-likeness (QED) is 0.113. The summed E-state index contributed by atoms with van der Waals surface area (Å²) in [7, 11) is 0. The number of fused-ring (bicyclic) bond motifs is 4. The van der Waals surface area contributed by atoms with Crippen LogP contribution in [0.25, 0.3) is 0 Å². The van der Waals surface area contributed by atoms with Gasteiger partial charge in [0.2, 0.25) is 11.8 Å². The number of aromatic nitrogens is 1. The zero-order valence-electron chi connectivity index (χ0n) is 28.8. The number of phenolic OH excluding ortho intramolecular Hbond substituents is 1. The van der Waals surface area contributed by atoms with Gasteiger partial charge in [-0.3, -0.25) is 24.6 Å². The summed E-state index contributed by atoms with van der Waals surface area (Å²) in [6, 6.07) is 14.1. The van der Waals surface area contributed by atoms with Crippen molar-refractivity contribution in [2.45, 2.75) is 30.4 Å². The van der Waals surface area contributed by atoms with Crippen LogP contribution in [-0.4, -0.2) is 54.9 Å². The minimum atomic E-state index is -4.80. The van der Waals surface area contributed by atoms with Gasteiger partial charge in [-0.1, -0.05) is 58.6 Å². The lowest BCUT2D eigenvalue weighted by molar-refractivity contribution is -0.139. The van der Waals surface area contributed by atoms with Gasteiger partial charge in [0.15, 0.2) is 5.82 Å². The van der Waals surface area contributed by atoms with Crippen molar-refractivity contribution in [2.75, 3.05) is 10.3 Å². The Morgan fingerprint density at radius 3 is 2.21 bits per heavy atom. The topological polar surface area (TPSA) is 177 Å². The number of phenols is 2. The van der Waals surface area contributed by atoms with Crippen LogP contribution in [0.15, 0.2) is 84.6 Å². The van der Waals surface area contributed by atoms with Crippen LogP contribution in [0.4, 0.5) is 24.7 Å². The molecule has 3 aromatic carbocycles. The third kappa shape index (κ3) is 5.81. The van der Waals surface area contributed by atoms with Gasteiger partial charge in [0.1, 0.15) is 17.1 Å². The number of carboxylic acids is 1. The summed E-state index contributed by atoms with van der Waals surface area (Å²) in [5, 5.41) is 31.8. The van der Waals surface area contributed by atoms with E-state index < -0.39 is 98.5 Å². The molecule has 2 aliphatic carbocycles. The molecule has 4 N–H and O–H groups in total. The van der Waals surface area contributed by atoms with Gasteiger partial charge in [-0.15, -0.1) is 0 Å². The van der Waals surface area contributed by atoms with Gasteiger partial charge < -0.3 is 15.3 Å². The van der Waals surface area contributed by atoms with Gasteiger partial charge in [0.05, 0.1) is 39.4 Å². The standard InChI is InChI=1S/C39H26Cl3F3N4O8/c40-18-3-1-16(2-4-18)38-26(34(53)49(37(38)57)47-32-27(42)11-17(15-46-32)39(43,44)45)14-24-21(31(38)25-12-19(41)5-10-28(25)50)8-9-23-30(24)35(54)48(33(23)52)20-6-7-22(36(55)56)29(51)13-20/h1-8,10-13,15,23-24,26,30-31,50-51H,9,14H2,(H,46,47)(H,55,56)/t23-,24+,26-,30-,31+,38+/m0/s1. The predicted octanol–water partition coefficient (Wildman–Crippen LogP) is 7.36. The molecule has 292 valence electrons. The van der Waals surface area contributed by atoms with E-state index in [9.17, 15) is 47.7 Å². The number of aromatic hydroxyl groups is 2. The first kappa shape index (κ1) is 38.2. The molecular formula is C39H26Cl3F3N4O8. The molecule has 0 bridgehead atoms. The zero-order valence-corrected chi connectivity index (χ0v) is 31.1. The first-order valence-electron chi connectivity index (χ1n) is 17.2. The lowest BCUT2D eigenvalue weighted by Gasteiger charge is -2.50. The van der Waals surface area contributed by atoms with Gasteiger partial charge in [0.25, 0.3) is 11.8 Å². The smallest absolute Gasteiger partial charge is 0.417 e. The summed E-state index contributed by atoms with van der Waals surface area (Å²) in [6.07, 6.45) is -2.85. The Morgan fingerprint density at radius 1 is 0.860 bits per heavy atom. The van der Waals surface area contributed by atoms with E-state index in [4.69, 9.17) is 34.8 Å². The van der Waals surface area contributed by atoms with Crippen molar-refractivity contribution >= 4 is 75.9 Å². The molecule has 4 aromatic rings. The molecule has 0 spiro atoms. The number of carboxylic acid groups (broad SMARTS) is 1. The van der Waals surface area contributed by atoms with Crippen LogP contribution in [0.1, 0.15) is 45.8 Å². The number of hydrogen-bond donors (Lipinski definition) is 4. The lowest BCUT2D eigenvalue weighted by Crippen LogP contribution is -2.53. The largest absolute Gasteiger partial charge is 0.508 e. The highest BCUT2D eigenvalue weighted by Gasteiger charge is 2.70. The van der Waals surface area contributed by atoms with E-state index in [0.29, 0.717) is 22.8 Å². The number of rotatable bonds is 6. The number of nitrogens with zero attached hydrogens (tertiary/aromatic N) is 3. The number of hydrazine groups is 1. The van der Waals surface area contributed by atoms with Gasteiger partial charge >= 0.3 is 12.1 Å². The van der Waals surface area contributed by atoms with E-state index in [1.807, 2.05) is 0 Å². The van der Waals surface area contributed by atoms with Crippen LogP contribution in [0.2, 0.25) is 15.1 Å². The Hall–Kier alpha value is -5.64. The average Bonchev–Trinajstić information content (AvgIpc) is 3.53. The molecule has 2 saturated heterocycles. The van der Waals surface area contributed by atoms with Crippen LogP contribution in [0.5, 0.6) is 11.5 Å². The van der Waals surface area contributed by atoms with Gasteiger partial charge in [-0.25, -0.2) is 14.7 Å². The molecule has 1 saturated carbocycles. The van der Waals surface area contributed by atoms with Gasteiger partial charge in [0, 0.05) is 33.8 Å². The molecule has 18 heteroatoms. The number of allylic oxidation sites excluding steroid dienone is 2. The zero-order chi connectivity index (χ0) is 40.9. The minimum absolute atomic E-state index is 0.0227. The molecule has 1 aromatic heterocycles. The monoisotopic (exact) mass is 840 g/mol. The fraction of sp³-hybridized carbons (Fsp3) is 0.231. The van der Waals surface area contributed by atoms with Crippen molar-refractivity contribution in [1.29, 1.82) is 0 Å². The maximum Gasteiger partial charge on any atom is 0.417 e. The number of alkyl halides is 3. The normalized spacial score (nSPS) is 25.6. The second-order valence-electron chi connectivity index (χ2n) is 14.1. The Morgan fingerprint density at radius 2 is 1.56 bits per heavy atom. The highest BCUT2D eigenvalue weighted by molar-refractivity contribution is 6.33. The van der Waals surface area contributed by atoms with Crippen LogP contribution in [0, 0.1) is 23.7 Å². The second-order valence-corrected chi connectivity index (χ2v) is 15.4. The molecule has 57 heavy (non-hydrogen) atoms. The first-order valence-corrected chi connectivity index (χ1v) is 18.3. The van der Waals surface area contributed by atoms with Crippen molar-refractivity contribution < 1.29 is 52.5 Å². The van der Waals surface area contributed by atoms with Gasteiger partial charge in [-0.2, -0.15) is 18.2 Å². The first-order chi connectivity index (χ1) is 26.9. The van der Waals surface area contributed by atoms with Crippen LogP contribution >= 0.6 is 34.8 Å². The van der Waals surface area contributed by atoms with E-state index in [1.54, 1.807) is 6.08 Å². The summed E-state index contributed by atoms with van der Waals surface area (Å²) in [5.74, 6) is -11.6. The van der Waals surface area contributed by atoms with Crippen LogP contribution in [0.3, 0.4) is 0 Å². The van der Waals surface area contributed by atoms with Crippen molar-refractivity contribution in [3.63, 3.8) is 0 Å². The molecule has 2 aliphatic heterocycles. The van der Waals surface area contributed by atoms with E-state index in [2.05, 4.69) is 10.4 Å². The van der Waals surface area contributed by atoms with E-state index in [0.717, 1.165) is 17.0 Å². The Balaban J connectivity index is 1.30. The SMILES string of the molecule is O=C(O)c1ccc(N2C(=O)[C@H]3[C@H](CC=C4[C@H]3C[C@H]3C(=O)N(Nc5ncc(C(F)(F)F)cc5Cl)C(=O)[C@@]3(c3ccc(Cl)cc3)[C@H]4c3cc(Cl)ccc3O)C2=O)cc1O. The molecule has 12 nitrogen and oxygen atoms in total. The van der Waals surface area contributed by atoms with E-state index in [1.165, 1.54) is 48.5 Å². The highest BCUT2D eigenvalue weighted by atomic mass is 35.5. The third-order valence-corrected chi connectivity index (χ3v) is 12.1. The van der Waals surface area contributed by atoms with Crippen LogP contribution < -0.4 is 10.3 Å². The van der Waals surface area contributed by atoms with Crippen molar-refractivity contribution in [2.24, 2.45) is 23.7 Å². The fourth-order valence-corrected chi connectivity index (χ4v) is 9.49. The third-order valence-electron chi connectivity index (χ3n) is 11.3. The number of benzene rings is 3. The highest BCUT2D eigenvalue weighted by Crippen LogP contribution is 2.65. The van der Waals surface area contributed by atoms with Crippen LogP contribution in [-0.2, 0) is 30.8 Å². The summed E-state index contributed by atoms with van der Waals surface area (Å²) < 4.78 is 40.4. The number of carbonyl (C=O) groups excluding carboxylic acids is 4. The Bertz CT molecular complexity index is 2480. The Labute approximate surface area is 335 Å². The Kier molecular flexibility index (Phi) is 9.05. The minimum Gasteiger partial charge on any atom is -0.508 e. The van der Waals surface area contributed by atoms with E-state index >= 15 is 4.79 Å². The molecule has 4 aliphatic rings. The summed E-state index contributed by atoms with van der Waals surface area (Å²) in [5.41, 5.74) is -0.301. The number of aromatic carboxylic acids is 1. The van der Waals surface area contributed by atoms with Crippen molar-refractivity contribution in [3.8, 4) is 11.5 Å². The fourth-order valence-electron chi connectivity index (χ4n) is 8.98. The molecule has 6 atom stereocenters. The maximum absolute atomic E-state index is 15.3. The van der Waals surface area contributed by atoms with Crippen molar-refractivity contribution in [1.82, 2.24) is 9.99 Å². The molecule has 8 rings (SSSR count). The number of halogens is 6. The molecule has 0 radical (unpaired) electrons. The summed E-state index contributed by atoms with van der Waals surface area (Å²) in [6.45, 7) is 0. The number of nitrogens with one attached hydrogen (secondary N) is 1. The van der Waals surface area contributed by atoms with Gasteiger partial charge in [-0.05, 0) is 72.9 Å². The predicted molar refractivity (Wildman–Crippen MR) is 198 cm³/mol. The number of amides is 4. The van der Waals surface area contributed by atoms with Crippen molar-refractivity contribution in [3.05, 3.63) is 122 Å². The van der Waals surface area contributed by atoms with E-state index in [-0.39, 0.29) is 45.5 Å². The maximum atomic E-state index is 15.3. The average molecular weight is 842 g/mol. The molecular weight excluding hydrogens is 816 g/mol. The number of anilines is 2.